The highest BCUT2D eigenvalue weighted by Crippen LogP contribution is 2.32. The van der Waals surface area contributed by atoms with E-state index < -0.39 is 0 Å². The molecule has 122 valence electrons. The van der Waals surface area contributed by atoms with Crippen LogP contribution in [0, 0.1) is 0 Å². The Morgan fingerprint density at radius 1 is 0.583 bits per heavy atom. The van der Waals surface area contributed by atoms with Gasteiger partial charge in [-0.1, -0.05) is 72.8 Å². The van der Waals surface area contributed by atoms with Crippen molar-refractivity contribution >= 4 is 5.69 Å². The highest BCUT2D eigenvalue weighted by molar-refractivity contribution is 5.51. The van der Waals surface area contributed by atoms with Crippen molar-refractivity contribution in [2.75, 3.05) is 18.0 Å². The second kappa shape index (κ2) is 7.83. The summed E-state index contributed by atoms with van der Waals surface area (Å²) in [6.45, 7) is 6.48. The molecule has 0 unspecified atom stereocenters. The van der Waals surface area contributed by atoms with Crippen molar-refractivity contribution in [2.24, 2.45) is 0 Å². The summed E-state index contributed by atoms with van der Waals surface area (Å²) >= 11 is 0. The summed E-state index contributed by atoms with van der Waals surface area (Å²) in [6.07, 6.45) is 0. The molecule has 0 aromatic heterocycles. The summed E-state index contributed by atoms with van der Waals surface area (Å²) in [7, 11) is 0. The minimum Gasteiger partial charge on any atom is -0.372 e. The lowest BCUT2D eigenvalue weighted by Gasteiger charge is -2.23. The van der Waals surface area contributed by atoms with E-state index in [4.69, 9.17) is 0 Å². The first-order valence-corrected chi connectivity index (χ1v) is 8.78. The van der Waals surface area contributed by atoms with Gasteiger partial charge in [-0.05, 0) is 42.7 Å². The van der Waals surface area contributed by atoms with Crippen LogP contribution in [0.2, 0.25) is 0 Å². The Balaban J connectivity index is 2.00. The van der Waals surface area contributed by atoms with E-state index >= 15 is 0 Å². The standard InChI is InChI=1S/C23H25N/c1-3-24(4-2)22-17-15-21(16-18-22)23(19-11-7-5-8-12-19)20-13-9-6-10-14-20/h5-18,23H,3-4H2,1-2H3. The third-order valence-electron chi connectivity index (χ3n) is 4.62. The maximum Gasteiger partial charge on any atom is 0.0366 e. The van der Waals surface area contributed by atoms with Crippen LogP contribution in [-0.4, -0.2) is 13.1 Å². The van der Waals surface area contributed by atoms with E-state index in [1.165, 1.54) is 22.4 Å². The molecule has 1 heteroatoms. The van der Waals surface area contributed by atoms with Gasteiger partial charge in [-0.15, -0.1) is 0 Å². The molecule has 3 aromatic rings. The summed E-state index contributed by atoms with van der Waals surface area (Å²) < 4.78 is 0. The summed E-state index contributed by atoms with van der Waals surface area (Å²) in [5.41, 5.74) is 5.30. The van der Waals surface area contributed by atoms with Crippen molar-refractivity contribution in [1.82, 2.24) is 0 Å². The molecule has 0 saturated carbocycles. The lowest BCUT2D eigenvalue weighted by Crippen LogP contribution is -2.21. The third kappa shape index (κ3) is 3.51. The van der Waals surface area contributed by atoms with Crippen LogP contribution < -0.4 is 4.90 Å². The number of nitrogens with zero attached hydrogens (tertiary/aromatic N) is 1. The van der Waals surface area contributed by atoms with Crippen molar-refractivity contribution in [3.63, 3.8) is 0 Å². The van der Waals surface area contributed by atoms with Gasteiger partial charge in [0.05, 0.1) is 0 Å². The van der Waals surface area contributed by atoms with Crippen LogP contribution in [0.25, 0.3) is 0 Å². The van der Waals surface area contributed by atoms with Gasteiger partial charge in [0.2, 0.25) is 0 Å². The smallest absolute Gasteiger partial charge is 0.0366 e. The van der Waals surface area contributed by atoms with Gasteiger partial charge in [0.1, 0.15) is 0 Å². The summed E-state index contributed by atoms with van der Waals surface area (Å²) in [5.74, 6) is 0.276. The van der Waals surface area contributed by atoms with Gasteiger partial charge in [0.15, 0.2) is 0 Å². The molecule has 0 spiro atoms. The summed E-state index contributed by atoms with van der Waals surface area (Å²) in [4.78, 5) is 2.38. The number of benzene rings is 3. The predicted octanol–water partition coefficient (Wildman–Crippen LogP) is 5.71. The van der Waals surface area contributed by atoms with Gasteiger partial charge in [-0.3, -0.25) is 0 Å². The van der Waals surface area contributed by atoms with E-state index in [0.717, 1.165) is 13.1 Å². The molecule has 0 aliphatic rings. The van der Waals surface area contributed by atoms with E-state index in [0.29, 0.717) is 0 Å². The Morgan fingerprint density at radius 2 is 1.00 bits per heavy atom. The number of hydrogen-bond acceptors (Lipinski definition) is 1. The van der Waals surface area contributed by atoms with Gasteiger partial charge in [-0.25, -0.2) is 0 Å². The van der Waals surface area contributed by atoms with Gasteiger partial charge < -0.3 is 4.90 Å². The maximum atomic E-state index is 2.38. The topological polar surface area (TPSA) is 3.24 Å². The molecule has 3 aromatic carbocycles. The average Bonchev–Trinajstić information content (AvgIpc) is 2.66. The van der Waals surface area contributed by atoms with Gasteiger partial charge in [0, 0.05) is 24.7 Å². The molecule has 0 bridgehead atoms. The van der Waals surface area contributed by atoms with Crippen molar-refractivity contribution in [3.8, 4) is 0 Å². The van der Waals surface area contributed by atoms with E-state index in [2.05, 4.69) is 104 Å². The molecule has 0 aliphatic heterocycles. The van der Waals surface area contributed by atoms with Crippen molar-refractivity contribution in [3.05, 3.63) is 102 Å². The van der Waals surface area contributed by atoms with Crippen LogP contribution in [0.5, 0.6) is 0 Å². The molecule has 1 nitrogen and oxygen atoms in total. The second-order valence-corrected chi connectivity index (χ2v) is 6.02. The van der Waals surface area contributed by atoms with Crippen molar-refractivity contribution < 1.29 is 0 Å². The highest BCUT2D eigenvalue weighted by Gasteiger charge is 2.16. The average molecular weight is 315 g/mol. The predicted molar refractivity (Wildman–Crippen MR) is 104 cm³/mol. The lowest BCUT2D eigenvalue weighted by atomic mass is 9.85. The van der Waals surface area contributed by atoms with Crippen LogP contribution in [0.3, 0.4) is 0 Å². The first-order valence-electron chi connectivity index (χ1n) is 8.78. The van der Waals surface area contributed by atoms with Crippen LogP contribution >= 0.6 is 0 Å². The molecule has 24 heavy (non-hydrogen) atoms. The zero-order chi connectivity index (χ0) is 16.8. The first-order chi connectivity index (χ1) is 11.8. The van der Waals surface area contributed by atoms with E-state index in [1.807, 2.05) is 0 Å². The van der Waals surface area contributed by atoms with E-state index in [-0.39, 0.29) is 5.92 Å². The quantitative estimate of drug-likeness (QED) is 0.526. The van der Waals surface area contributed by atoms with Crippen LogP contribution in [-0.2, 0) is 0 Å². The largest absolute Gasteiger partial charge is 0.372 e. The molecule has 0 amide bonds. The molecule has 0 saturated heterocycles. The summed E-state index contributed by atoms with van der Waals surface area (Å²) in [6, 6.07) is 30.6. The molecular formula is C23H25N. The van der Waals surface area contributed by atoms with Crippen LogP contribution in [0.4, 0.5) is 5.69 Å². The Labute approximate surface area is 145 Å². The second-order valence-electron chi connectivity index (χ2n) is 6.02. The zero-order valence-corrected chi connectivity index (χ0v) is 14.5. The molecule has 0 N–H and O–H groups in total. The first kappa shape index (κ1) is 16.3. The van der Waals surface area contributed by atoms with Crippen LogP contribution in [0.1, 0.15) is 36.5 Å². The third-order valence-corrected chi connectivity index (χ3v) is 4.62. The van der Waals surface area contributed by atoms with Gasteiger partial charge in [0.25, 0.3) is 0 Å². The molecule has 3 rings (SSSR count). The van der Waals surface area contributed by atoms with Crippen LogP contribution in [0.15, 0.2) is 84.9 Å². The fraction of sp³-hybridized carbons (Fsp3) is 0.217. The molecular weight excluding hydrogens is 290 g/mol. The van der Waals surface area contributed by atoms with E-state index in [1.54, 1.807) is 0 Å². The Hall–Kier alpha value is -2.54. The Kier molecular flexibility index (Phi) is 5.32. The maximum absolute atomic E-state index is 2.38. The Bertz CT molecular complexity index is 689. The zero-order valence-electron chi connectivity index (χ0n) is 14.5. The number of rotatable bonds is 6. The Morgan fingerprint density at radius 3 is 1.42 bits per heavy atom. The monoisotopic (exact) mass is 315 g/mol. The van der Waals surface area contributed by atoms with Crippen molar-refractivity contribution in [2.45, 2.75) is 19.8 Å². The molecule has 0 atom stereocenters. The fourth-order valence-corrected chi connectivity index (χ4v) is 3.33. The van der Waals surface area contributed by atoms with Crippen molar-refractivity contribution in [1.29, 1.82) is 0 Å². The van der Waals surface area contributed by atoms with Gasteiger partial charge >= 0.3 is 0 Å². The normalized spacial score (nSPS) is 10.8. The number of hydrogen-bond donors (Lipinski definition) is 0. The fourth-order valence-electron chi connectivity index (χ4n) is 3.33. The van der Waals surface area contributed by atoms with E-state index in [9.17, 15) is 0 Å². The van der Waals surface area contributed by atoms with Gasteiger partial charge in [-0.2, -0.15) is 0 Å². The minimum absolute atomic E-state index is 0.276. The summed E-state index contributed by atoms with van der Waals surface area (Å²) in [5, 5.41) is 0. The lowest BCUT2D eigenvalue weighted by molar-refractivity contribution is 0.864. The molecule has 0 radical (unpaired) electrons. The molecule has 0 aliphatic carbocycles. The SMILES string of the molecule is CCN(CC)c1ccc(C(c2ccccc2)c2ccccc2)cc1. The highest BCUT2D eigenvalue weighted by atomic mass is 15.1. The minimum atomic E-state index is 0.276. The number of anilines is 1. The molecule has 0 heterocycles. The molecule has 0 fully saturated rings.